The second-order valence-corrected chi connectivity index (χ2v) is 5.60. The topological polar surface area (TPSA) is 75.9 Å². The van der Waals surface area contributed by atoms with Gasteiger partial charge >= 0.3 is 0 Å². The molecule has 1 unspecified atom stereocenters. The van der Waals surface area contributed by atoms with Crippen molar-refractivity contribution in [2.24, 2.45) is 0 Å². The number of piperazine rings is 1. The SMILES string of the molecule is COc1ccccc1C1CN(C(C)=O)CCN1C(=O)c1ccno1. The average Bonchev–Trinajstić information content (AvgIpc) is 3.15. The van der Waals surface area contributed by atoms with Crippen LogP contribution in [0.3, 0.4) is 0 Å². The maximum absolute atomic E-state index is 12.8. The highest BCUT2D eigenvalue weighted by molar-refractivity contribution is 5.92. The van der Waals surface area contributed by atoms with Crippen LogP contribution in [0.2, 0.25) is 0 Å². The van der Waals surface area contributed by atoms with E-state index in [2.05, 4.69) is 5.16 Å². The van der Waals surface area contributed by atoms with Crippen molar-refractivity contribution in [1.29, 1.82) is 0 Å². The second-order valence-electron chi connectivity index (χ2n) is 5.60. The number of carbonyl (C=O) groups is 2. The second kappa shape index (κ2) is 6.74. The summed E-state index contributed by atoms with van der Waals surface area (Å²) in [6.45, 7) is 2.85. The lowest BCUT2D eigenvalue weighted by molar-refractivity contribution is -0.131. The molecule has 24 heavy (non-hydrogen) atoms. The van der Waals surface area contributed by atoms with E-state index in [0.29, 0.717) is 25.4 Å². The van der Waals surface area contributed by atoms with E-state index in [1.165, 1.54) is 13.1 Å². The highest BCUT2D eigenvalue weighted by atomic mass is 16.5. The first-order chi connectivity index (χ1) is 11.6. The molecule has 7 nitrogen and oxygen atoms in total. The maximum atomic E-state index is 12.8. The van der Waals surface area contributed by atoms with Crippen LogP contribution in [0.1, 0.15) is 29.1 Å². The van der Waals surface area contributed by atoms with Crippen LogP contribution in [-0.4, -0.2) is 53.5 Å². The Morgan fingerprint density at radius 1 is 1.25 bits per heavy atom. The lowest BCUT2D eigenvalue weighted by Gasteiger charge is -2.41. The van der Waals surface area contributed by atoms with E-state index in [4.69, 9.17) is 9.26 Å². The van der Waals surface area contributed by atoms with E-state index in [1.807, 2.05) is 24.3 Å². The molecule has 126 valence electrons. The minimum atomic E-state index is -0.309. The molecule has 1 aliphatic heterocycles. The van der Waals surface area contributed by atoms with Crippen molar-refractivity contribution in [3.8, 4) is 5.75 Å². The zero-order valence-corrected chi connectivity index (χ0v) is 13.6. The molecule has 1 saturated heterocycles. The summed E-state index contributed by atoms with van der Waals surface area (Å²) < 4.78 is 10.4. The van der Waals surface area contributed by atoms with Crippen LogP contribution < -0.4 is 4.74 Å². The first kappa shape index (κ1) is 16.0. The summed E-state index contributed by atoms with van der Waals surface area (Å²) >= 11 is 0. The van der Waals surface area contributed by atoms with Crippen molar-refractivity contribution >= 4 is 11.8 Å². The summed E-state index contributed by atoms with van der Waals surface area (Å²) in [5.74, 6) is 0.614. The fourth-order valence-corrected chi connectivity index (χ4v) is 2.99. The van der Waals surface area contributed by atoms with Gasteiger partial charge in [-0.15, -0.1) is 0 Å². The number of methoxy groups -OCH3 is 1. The van der Waals surface area contributed by atoms with Crippen LogP contribution >= 0.6 is 0 Å². The minimum Gasteiger partial charge on any atom is -0.496 e. The Kier molecular flexibility index (Phi) is 4.50. The summed E-state index contributed by atoms with van der Waals surface area (Å²) in [5.41, 5.74) is 0.860. The molecule has 0 N–H and O–H groups in total. The summed E-state index contributed by atoms with van der Waals surface area (Å²) in [6.07, 6.45) is 1.44. The number of para-hydroxylation sites is 1. The molecule has 0 bridgehead atoms. The normalized spacial score (nSPS) is 17.7. The van der Waals surface area contributed by atoms with Crippen molar-refractivity contribution in [1.82, 2.24) is 15.0 Å². The largest absolute Gasteiger partial charge is 0.496 e. The summed E-state index contributed by atoms with van der Waals surface area (Å²) in [7, 11) is 1.59. The van der Waals surface area contributed by atoms with Crippen molar-refractivity contribution in [2.75, 3.05) is 26.7 Å². The van der Waals surface area contributed by atoms with Gasteiger partial charge in [-0.05, 0) is 6.07 Å². The standard InChI is InChI=1S/C17H19N3O4/c1-12(21)19-9-10-20(17(22)16-7-8-18-24-16)14(11-19)13-5-3-4-6-15(13)23-2/h3-8,14H,9-11H2,1-2H3. The number of rotatable bonds is 3. The molecule has 1 atom stereocenters. The average molecular weight is 329 g/mol. The van der Waals surface area contributed by atoms with Gasteiger partial charge in [0.15, 0.2) is 0 Å². The number of hydrogen-bond acceptors (Lipinski definition) is 5. The van der Waals surface area contributed by atoms with Gasteiger partial charge in [-0.25, -0.2) is 0 Å². The quantitative estimate of drug-likeness (QED) is 0.857. The molecule has 2 aromatic rings. The van der Waals surface area contributed by atoms with Gasteiger partial charge in [-0.1, -0.05) is 23.4 Å². The van der Waals surface area contributed by atoms with Crippen LogP contribution in [0.4, 0.5) is 0 Å². The van der Waals surface area contributed by atoms with Crippen molar-refractivity contribution in [3.63, 3.8) is 0 Å². The van der Waals surface area contributed by atoms with E-state index in [1.54, 1.807) is 23.0 Å². The highest BCUT2D eigenvalue weighted by Gasteiger charge is 2.35. The Morgan fingerprint density at radius 3 is 2.71 bits per heavy atom. The smallest absolute Gasteiger partial charge is 0.293 e. The van der Waals surface area contributed by atoms with Gasteiger partial charge in [0.2, 0.25) is 11.7 Å². The number of benzene rings is 1. The monoisotopic (exact) mass is 329 g/mol. The Hall–Kier alpha value is -2.83. The number of nitrogens with zero attached hydrogens (tertiary/aromatic N) is 3. The molecule has 0 saturated carbocycles. The van der Waals surface area contributed by atoms with E-state index in [0.717, 1.165) is 5.56 Å². The molecule has 1 fully saturated rings. The van der Waals surface area contributed by atoms with Crippen LogP contribution in [0.5, 0.6) is 5.75 Å². The zero-order valence-electron chi connectivity index (χ0n) is 13.6. The molecule has 1 aliphatic rings. The predicted molar refractivity (Wildman–Crippen MR) is 85.5 cm³/mol. The van der Waals surface area contributed by atoms with Gasteiger partial charge < -0.3 is 19.1 Å². The summed E-state index contributed by atoms with van der Waals surface area (Å²) in [4.78, 5) is 28.0. The van der Waals surface area contributed by atoms with Gasteiger partial charge in [-0.3, -0.25) is 9.59 Å². The third kappa shape index (κ3) is 2.97. The number of ether oxygens (including phenoxy) is 1. The number of amides is 2. The molecule has 7 heteroatoms. The van der Waals surface area contributed by atoms with Crippen LogP contribution in [0.15, 0.2) is 41.1 Å². The molecule has 0 spiro atoms. The van der Waals surface area contributed by atoms with Gasteiger partial charge in [0, 0.05) is 38.2 Å². The Balaban J connectivity index is 1.97. The molecule has 1 aromatic heterocycles. The Bertz CT molecular complexity index is 729. The van der Waals surface area contributed by atoms with Crippen molar-refractivity contribution < 1.29 is 18.8 Å². The molecule has 2 heterocycles. The molecule has 0 aliphatic carbocycles. The van der Waals surface area contributed by atoms with E-state index < -0.39 is 0 Å². The first-order valence-electron chi connectivity index (χ1n) is 7.72. The third-order valence-electron chi connectivity index (χ3n) is 4.23. The van der Waals surface area contributed by atoms with Crippen LogP contribution in [-0.2, 0) is 4.79 Å². The van der Waals surface area contributed by atoms with Crippen LogP contribution in [0.25, 0.3) is 0 Å². The highest BCUT2D eigenvalue weighted by Crippen LogP contribution is 2.33. The molecule has 0 radical (unpaired) electrons. The fraction of sp³-hybridized carbons (Fsp3) is 0.353. The minimum absolute atomic E-state index is 0.0123. The lowest BCUT2D eigenvalue weighted by Crippen LogP contribution is -2.51. The number of aromatic nitrogens is 1. The fourth-order valence-electron chi connectivity index (χ4n) is 2.99. The Morgan fingerprint density at radius 2 is 2.04 bits per heavy atom. The van der Waals surface area contributed by atoms with Gasteiger partial charge in [0.1, 0.15) is 5.75 Å². The third-order valence-corrected chi connectivity index (χ3v) is 4.23. The molecule has 3 rings (SSSR count). The van der Waals surface area contributed by atoms with E-state index in [-0.39, 0.29) is 23.6 Å². The number of hydrogen-bond donors (Lipinski definition) is 0. The van der Waals surface area contributed by atoms with E-state index in [9.17, 15) is 9.59 Å². The predicted octanol–water partition coefficient (Wildman–Crippen LogP) is 1.73. The first-order valence-corrected chi connectivity index (χ1v) is 7.72. The molecular formula is C17H19N3O4. The maximum Gasteiger partial charge on any atom is 0.293 e. The molecule has 2 amide bonds. The number of carbonyl (C=O) groups excluding carboxylic acids is 2. The lowest BCUT2D eigenvalue weighted by atomic mass is 10.0. The van der Waals surface area contributed by atoms with Crippen molar-refractivity contribution in [3.05, 3.63) is 47.9 Å². The molecular weight excluding hydrogens is 310 g/mol. The van der Waals surface area contributed by atoms with Crippen LogP contribution in [0, 0.1) is 0 Å². The van der Waals surface area contributed by atoms with Gasteiger partial charge in [-0.2, -0.15) is 0 Å². The molecule has 1 aromatic carbocycles. The van der Waals surface area contributed by atoms with Crippen molar-refractivity contribution in [2.45, 2.75) is 13.0 Å². The zero-order chi connectivity index (χ0) is 17.1. The van der Waals surface area contributed by atoms with Gasteiger partial charge in [0.25, 0.3) is 5.91 Å². The summed E-state index contributed by atoms with van der Waals surface area (Å²) in [5, 5.41) is 3.60. The van der Waals surface area contributed by atoms with E-state index >= 15 is 0 Å². The summed E-state index contributed by atoms with van der Waals surface area (Å²) in [6, 6.07) is 8.75. The Labute approximate surface area is 139 Å². The van der Waals surface area contributed by atoms with Gasteiger partial charge in [0.05, 0.1) is 19.3 Å².